The molecule has 0 amide bonds. The average molecular weight is 248 g/mol. The van der Waals surface area contributed by atoms with E-state index in [9.17, 15) is 0 Å². The Hall–Kier alpha value is -1.09. The van der Waals surface area contributed by atoms with Crippen molar-refractivity contribution < 1.29 is 4.74 Å². The number of ether oxygens (including phenoxy) is 1. The van der Waals surface area contributed by atoms with Gasteiger partial charge in [0, 0.05) is 18.3 Å². The Morgan fingerprint density at radius 1 is 1.44 bits per heavy atom. The summed E-state index contributed by atoms with van der Waals surface area (Å²) in [6, 6.07) is 4.43. The molecule has 1 N–H and O–H groups in total. The van der Waals surface area contributed by atoms with Crippen LogP contribution in [0.2, 0.25) is 0 Å². The Morgan fingerprint density at radius 2 is 2.28 bits per heavy atom. The third-order valence-electron chi connectivity index (χ3n) is 3.77. The highest BCUT2D eigenvalue weighted by molar-refractivity contribution is 5.20. The van der Waals surface area contributed by atoms with E-state index in [0.717, 1.165) is 24.9 Å². The minimum atomic E-state index is 0.353. The third kappa shape index (κ3) is 3.70. The summed E-state index contributed by atoms with van der Waals surface area (Å²) in [4.78, 5) is 4.36. The van der Waals surface area contributed by atoms with Crippen molar-refractivity contribution in [2.24, 2.45) is 5.92 Å². The Bertz CT molecular complexity index is 346. The molecule has 100 valence electrons. The molecule has 1 aromatic heterocycles. The number of nitrogens with one attached hydrogen (secondary N) is 1. The molecule has 0 bridgehead atoms. The van der Waals surface area contributed by atoms with Crippen LogP contribution in [0, 0.1) is 5.92 Å². The van der Waals surface area contributed by atoms with E-state index in [4.69, 9.17) is 4.74 Å². The van der Waals surface area contributed by atoms with Gasteiger partial charge in [-0.15, -0.1) is 0 Å². The smallest absolute Gasteiger partial charge is 0.213 e. The topological polar surface area (TPSA) is 34.1 Å². The molecular formula is C15H24N2O. The number of pyridine rings is 1. The second kappa shape index (κ2) is 6.74. The predicted molar refractivity (Wildman–Crippen MR) is 73.8 cm³/mol. The maximum atomic E-state index is 5.68. The molecule has 1 aliphatic carbocycles. The summed E-state index contributed by atoms with van der Waals surface area (Å²) in [7, 11) is 0. The quantitative estimate of drug-likeness (QED) is 0.803. The van der Waals surface area contributed by atoms with Crippen LogP contribution in [0.25, 0.3) is 0 Å². The second-order valence-electron chi connectivity index (χ2n) is 5.14. The fourth-order valence-corrected chi connectivity index (χ4v) is 2.27. The number of nitrogens with zero attached hydrogens (tertiary/aromatic N) is 1. The lowest BCUT2D eigenvalue weighted by molar-refractivity contribution is 0.217. The molecule has 1 saturated carbocycles. The van der Waals surface area contributed by atoms with Crippen molar-refractivity contribution in [1.29, 1.82) is 0 Å². The van der Waals surface area contributed by atoms with Crippen molar-refractivity contribution in [3.63, 3.8) is 0 Å². The normalized spacial score (nSPS) is 17.2. The first-order valence-electron chi connectivity index (χ1n) is 7.11. The van der Waals surface area contributed by atoms with E-state index >= 15 is 0 Å². The Balaban J connectivity index is 1.75. The van der Waals surface area contributed by atoms with Crippen LogP contribution in [-0.4, -0.2) is 18.1 Å². The lowest BCUT2D eigenvalue weighted by atomic mass is 9.83. The summed E-state index contributed by atoms with van der Waals surface area (Å²) in [6.45, 7) is 6.04. The molecule has 3 heteroatoms. The molecule has 0 aliphatic heterocycles. The Labute approximate surface area is 110 Å². The largest absolute Gasteiger partial charge is 0.478 e. The lowest BCUT2D eigenvalue weighted by Crippen LogP contribution is -2.18. The average Bonchev–Trinajstić information content (AvgIpc) is 2.33. The highest BCUT2D eigenvalue weighted by Gasteiger charge is 2.16. The molecule has 1 heterocycles. The van der Waals surface area contributed by atoms with E-state index < -0.39 is 0 Å². The zero-order chi connectivity index (χ0) is 12.8. The van der Waals surface area contributed by atoms with Crippen molar-refractivity contribution in [3.05, 3.63) is 23.9 Å². The molecule has 0 saturated heterocycles. The second-order valence-corrected chi connectivity index (χ2v) is 5.14. The van der Waals surface area contributed by atoms with Gasteiger partial charge in [0.1, 0.15) is 0 Å². The Kier molecular flexibility index (Phi) is 5.00. The van der Waals surface area contributed by atoms with Crippen LogP contribution in [0.4, 0.5) is 0 Å². The first-order chi connectivity index (χ1) is 8.79. The van der Waals surface area contributed by atoms with E-state index in [0.29, 0.717) is 6.04 Å². The van der Waals surface area contributed by atoms with Crippen molar-refractivity contribution in [2.45, 2.75) is 45.6 Å². The van der Waals surface area contributed by atoms with Gasteiger partial charge in [0.25, 0.3) is 0 Å². The van der Waals surface area contributed by atoms with Gasteiger partial charge >= 0.3 is 0 Å². The fraction of sp³-hybridized carbons (Fsp3) is 0.667. The molecule has 1 aromatic rings. The molecule has 1 unspecified atom stereocenters. The van der Waals surface area contributed by atoms with Gasteiger partial charge in [-0.25, -0.2) is 4.98 Å². The van der Waals surface area contributed by atoms with Crippen LogP contribution >= 0.6 is 0 Å². The monoisotopic (exact) mass is 248 g/mol. The van der Waals surface area contributed by atoms with E-state index in [2.05, 4.69) is 30.2 Å². The van der Waals surface area contributed by atoms with Gasteiger partial charge in [-0.2, -0.15) is 0 Å². The maximum Gasteiger partial charge on any atom is 0.213 e. The van der Waals surface area contributed by atoms with Crippen molar-refractivity contribution >= 4 is 0 Å². The van der Waals surface area contributed by atoms with E-state index in [-0.39, 0.29) is 0 Å². The third-order valence-corrected chi connectivity index (χ3v) is 3.77. The lowest BCUT2D eigenvalue weighted by Gasteiger charge is -2.24. The molecule has 1 aliphatic rings. The van der Waals surface area contributed by atoms with Gasteiger partial charge in [-0.05, 0) is 31.4 Å². The fourth-order valence-electron chi connectivity index (χ4n) is 2.27. The first kappa shape index (κ1) is 13.3. The van der Waals surface area contributed by atoms with Gasteiger partial charge in [0.2, 0.25) is 5.88 Å². The number of hydrogen-bond donors (Lipinski definition) is 1. The predicted octanol–water partition coefficient (Wildman–Crippen LogP) is 3.32. The number of hydrogen-bond acceptors (Lipinski definition) is 3. The Morgan fingerprint density at radius 3 is 2.83 bits per heavy atom. The van der Waals surface area contributed by atoms with E-state index in [1.54, 1.807) is 0 Å². The molecule has 18 heavy (non-hydrogen) atoms. The van der Waals surface area contributed by atoms with Gasteiger partial charge < -0.3 is 10.1 Å². The van der Waals surface area contributed by atoms with Crippen LogP contribution in [0.5, 0.6) is 5.88 Å². The first-order valence-corrected chi connectivity index (χ1v) is 7.11. The molecule has 1 atom stereocenters. The van der Waals surface area contributed by atoms with Gasteiger partial charge in [0.15, 0.2) is 0 Å². The van der Waals surface area contributed by atoms with Gasteiger partial charge in [-0.1, -0.05) is 32.3 Å². The molecule has 0 spiro atoms. The summed E-state index contributed by atoms with van der Waals surface area (Å²) in [5, 5.41) is 3.37. The molecule has 2 rings (SSSR count). The highest BCUT2D eigenvalue weighted by Crippen LogP contribution is 2.29. The van der Waals surface area contributed by atoms with Gasteiger partial charge in [-0.3, -0.25) is 0 Å². The summed E-state index contributed by atoms with van der Waals surface area (Å²) in [6.07, 6.45) is 7.26. The molecule has 0 aromatic carbocycles. The van der Waals surface area contributed by atoms with Crippen molar-refractivity contribution in [3.8, 4) is 5.88 Å². The van der Waals surface area contributed by atoms with Crippen molar-refractivity contribution in [2.75, 3.05) is 13.2 Å². The van der Waals surface area contributed by atoms with Crippen LogP contribution in [0.15, 0.2) is 18.3 Å². The molecule has 0 radical (unpaired) electrons. The standard InChI is InChI=1S/C15H24N2O/c1-3-16-12(2)14-7-8-15(17-11-14)18-10-9-13-5-4-6-13/h7-8,11-13,16H,3-6,9-10H2,1-2H3. The summed E-state index contributed by atoms with van der Waals surface area (Å²) in [5.41, 5.74) is 1.21. The van der Waals surface area contributed by atoms with Crippen LogP contribution in [0.3, 0.4) is 0 Å². The minimum Gasteiger partial charge on any atom is -0.478 e. The SMILES string of the molecule is CCNC(C)c1ccc(OCCC2CCC2)nc1. The van der Waals surface area contributed by atoms with Crippen LogP contribution in [0.1, 0.15) is 51.1 Å². The zero-order valence-corrected chi connectivity index (χ0v) is 11.5. The van der Waals surface area contributed by atoms with Gasteiger partial charge in [0.05, 0.1) is 6.61 Å². The minimum absolute atomic E-state index is 0.353. The summed E-state index contributed by atoms with van der Waals surface area (Å²) < 4.78 is 5.68. The molecule has 3 nitrogen and oxygen atoms in total. The summed E-state index contributed by atoms with van der Waals surface area (Å²) >= 11 is 0. The van der Waals surface area contributed by atoms with E-state index in [1.807, 2.05) is 12.3 Å². The van der Waals surface area contributed by atoms with E-state index in [1.165, 1.54) is 31.2 Å². The molecule has 1 fully saturated rings. The zero-order valence-electron chi connectivity index (χ0n) is 11.5. The van der Waals surface area contributed by atoms with Crippen LogP contribution in [-0.2, 0) is 0 Å². The maximum absolute atomic E-state index is 5.68. The molecular weight excluding hydrogens is 224 g/mol. The number of rotatable bonds is 7. The van der Waals surface area contributed by atoms with Crippen molar-refractivity contribution in [1.82, 2.24) is 10.3 Å². The number of aromatic nitrogens is 1. The highest BCUT2D eigenvalue weighted by atomic mass is 16.5. The van der Waals surface area contributed by atoms with Crippen LogP contribution < -0.4 is 10.1 Å². The summed E-state index contributed by atoms with van der Waals surface area (Å²) in [5.74, 6) is 1.65.